The molecule has 0 atom stereocenters. The van der Waals surface area contributed by atoms with Gasteiger partial charge in [-0.1, -0.05) is 24.9 Å². The van der Waals surface area contributed by atoms with Gasteiger partial charge >= 0.3 is 0 Å². The van der Waals surface area contributed by atoms with E-state index in [9.17, 15) is 0 Å². The number of nitrogens with zero attached hydrogens (tertiary/aromatic N) is 2. The predicted molar refractivity (Wildman–Crippen MR) is 65.0 cm³/mol. The number of unbranched alkanes of at least 4 members (excludes halogenated alkanes) is 1. The van der Waals surface area contributed by atoms with E-state index in [-0.39, 0.29) is 0 Å². The van der Waals surface area contributed by atoms with Gasteiger partial charge in [0.25, 0.3) is 0 Å². The fourth-order valence-corrected chi connectivity index (χ4v) is 1.63. The van der Waals surface area contributed by atoms with E-state index < -0.39 is 0 Å². The highest BCUT2D eigenvalue weighted by Crippen LogP contribution is 2.23. The molecule has 1 aromatic heterocycles. The Kier molecular flexibility index (Phi) is 3.57. The third-order valence-corrected chi connectivity index (χ3v) is 2.63. The smallest absolute Gasteiger partial charge is 0.140 e. The highest BCUT2D eigenvalue weighted by atomic mass is 35.5. The van der Waals surface area contributed by atoms with Gasteiger partial charge in [0, 0.05) is 11.5 Å². The summed E-state index contributed by atoms with van der Waals surface area (Å²) >= 11 is 5.94. The summed E-state index contributed by atoms with van der Waals surface area (Å²) in [7, 11) is 0. The summed E-state index contributed by atoms with van der Waals surface area (Å²) in [6.45, 7) is 2.87. The van der Waals surface area contributed by atoms with Crippen molar-refractivity contribution in [2.75, 3.05) is 6.61 Å². The Hall–Kier alpha value is -1.35. The summed E-state index contributed by atoms with van der Waals surface area (Å²) < 4.78 is 5.59. The minimum Gasteiger partial charge on any atom is -0.494 e. The Morgan fingerprint density at radius 1 is 1.31 bits per heavy atom. The lowest BCUT2D eigenvalue weighted by atomic mass is 10.2. The normalized spacial score (nSPS) is 10.6. The molecule has 0 amide bonds. The Morgan fingerprint density at radius 3 is 3.00 bits per heavy atom. The SMILES string of the molecule is CCCCOc1ccc2c(Cl)ncnc2c1. The lowest BCUT2D eigenvalue weighted by Gasteiger charge is -2.06. The predicted octanol–water partition coefficient (Wildman–Crippen LogP) is 3.46. The maximum atomic E-state index is 5.94. The molecule has 0 fully saturated rings. The van der Waals surface area contributed by atoms with Crippen LogP contribution in [0.15, 0.2) is 24.5 Å². The van der Waals surface area contributed by atoms with Crippen LogP contribution in [0.2, 0.25) is 5.15 Å². The number of rotatable bonds is 4. The molecule has 0 saturated carbocycles. The third-order valence-electron chi connectivity index (χ3n) is 2.33. The number of fused-ring (bicyclic) bond motifs is 1. The molecule has 2 rings (SSSR count). The second-order valence-corrected chi connectivity index (χ2v) is 3.90. The molecule has 1 aromatic carbocycles. The molecule has 0 aliphatic carbocycles. The van der Waals surface area contributed by atoms with E-state index in [1.165, 1.54) is 6.33 Å². The van der Waals surface area contributed by atoms with Crippen molar-refractivity contribution in [2.24, 2.45) is 0 Å². The maximum absolute atomic E-state index is 5.94. The average molecular weight is 237 g/mol. The molecule has 0 aliphatic rings. The summed E-state index contributed by atoms with van der Waals surface area (Å²) in [4.78, 5) is 8.08. The maximum Gasteiger partial charge on any atom is 0.140 e. The number of halogens is 1. The minimum atomic E-state index is 0.477. The van der Waals surface area contributed by atoms with E-state index in [4.69, 9.17) is 16.3 Å². The zero-order chi connectivity index (χ0) is 11.4. The molecule has 4 heteroatoms. The Balaban J connectivity index is 2.23. The van der Waals surface area contributed by atoms with Crippen molar-refractivity contribution in [3.63, 3.8) is 0 Å². The van der Waals surface area contributed by atoms with Gasteiger partial charge in [0.05, 0.1) is 12.1 Å². The van der Waals surface area contributed by atoms with Gasteiger partial charge in [0.1, 0.15) is 17.2 Å². The van der Waals surface area contributed by atoms with E-state index in [0.29, 0.717) is 5.15 Å². The largest absolute Gasteiger partial charge is 0.494 e. The van der Waals surface area contributed by atoms with Crippen LogP contribution in [-0.4, -0.2) is 16.6 Å². The van der Waals surface area contributed by atoms with Crippen LogP contribution in [0.5, 0.6) is 5.75 Å². The number of ether oxygens (including phenoxy) is 1. The Morgan fingerprint density at radius 2 is 2.19 bits per heavy atom. The van der Waals surface area contributed by atoms with Crippen molar-refractivity contribution in [1.29, 1.82) is 0 Å². The molecule has 0 saturated heterocycles. The first-order chi connectivity index (χ1) is 7.81. The van der Waals surface area contributed by atoms with Crippen LogP contribution in [-0.2, 0) is 0 Å². The van der Waals surface area contributed by atoms with E-state index in [0.717, 1.165) is 36.1 Å². The van der Waals surface area contributed by atoms with Crippen molar-refractivity contribution >= 4 is 22.5 Å². The summed E-state index contributed by atoms with van der Waals surface area (Å²) in [5, 5.41) is 1.33. The van der Waals surface area contributed by atoms with Crippen molar-refractivity contribution in [1.82, 2.24) is 9.97 Å². The summed E-state index contributed by atoms with van der Waals surface area (Å²) in [5.74, 6) is 0.829. The van der Waals surface area contributed by atoms with Crippen LogP contribution in [0.25, 0.3) is 10.9 Å². The molecule has 16 heavy (non-hydrogen) atoms. The quantitative estimate of drug-likeness (QED) is 0.602. The monoisotopic (exact) mass is 236 g/mol. The average Bonchev–Trinajstić information content (AvgIpc) is 2.30. The standard InChI is InChI=1S/C12H13ClN2O/c1-2-3-6-16-9-4-5-10-11(7-9)14-8-15-12(10)13/h4-5,7-8H,2-3,6H2,1H3. The molecule has 0 spiro atoms. The Bertz CT molecular complexity index is 487. The molecule has 3 nitrogen and oxygen atoms in total. The van der Waals surface area contributed by atoms with Crippen molar-refractivity contribution in [2.45, 2.75) is 19.8 Å². The van der Waals surface area contributed by atoms with E-state index in [1.54, 1.807) is 0 Å². The van der Waals surface area contributed by atoms with E-state index >= 15 is 0 Å². The number of aromatic nitrogens is 2. The molecule has 1 heterocycles. The molecule has 0 radical (unpaired) electrons. The van der Waals surface area contributed by atoms with E-state index in [1.807, 2.05) is 18.2 Å². The van der Waals surface area contributed by atoms with Gasteiger partial charge in [-0.3, -0.25) is 0 Å². The van der Waals surface area contributed by atoms with Crippen molar-refractivity contribution in [3.8, 4) is 5.75 Å². The topological polar surface area (TPSA) is 35.0 Å². The molecule has 0 unspecified atom stereocenters. The van der Waals surface area contributed by atoms with Crippen LogP contribution in [0, 0.1) is 0 Å². The molecule has 0 bridgehead atoms. The highest BCUT2D eigenvalue weighted by molar-refractivity contribution is 6.34. The first-order valence-corrected chi connectivity index (χ1v) is 5.72. The highest BCUT2D eigenvalue weighted by Gasteiger charge is 2.02. The molecule has 0 N–H and O–H groups in total. The van der Waals surface area contributed by atoms with Crippen molar-refractivity contribution in [3.05, 3.63) is 29.7 Å². The lowest BCUT2D eigenvalue weighted by Crippen LogP contribution is -1.96. The van der Waals surface area contributed by atoms with Gasteiger partial charge in [-0.25, -0.2) is 9.97 Å². The van der Waals surface area contributed by atoms with Gasteiger partial charge in [-0.2, -0.15) is 0 Å². The zero-order valence-electron chi connectivity index (χ0n) is 9.11. The summed E-state index contributed by atoms with van der Waals surface area (Å²) in [6.07, 6.45) is 3.64. The van der Waals surface area contributed by atoms with Gasteiger partial charge in [-0.05, 0) is 18.6 Å². The summed E-state index contributed by atoms with van der Waals surface area (Å²) in [6, 6.07) is 5.67. The van der Waals surface area contributed by atoms with Crippen LogP contribution < -0.4 is 4.74 Å². The third kappa shape index (κ3) is 2.42. The number of hydrogen-bond acceptors (Lipinski definition) is 3. The number of benzene rings is 1. The first kappa shape index (κ1) is 11.1. The van der Waals surface area contributed by atoms with Gasteiger partial charge in [0.2, 0.25) is 0 Å². The minimum absolute atomic E-state index is 0.477. The summed E-state index contributed by atoms with van der Waals surface area (Å²) in [5.41, 5.74) is 0.814. The molecule has 84 valence electrons. The fourth-order valence-electron chi connectivity index (χ4n) is 1.43. The van der Waals surface area contributed by atoms with Crippen LogP contribution >= 0.6 is 11.6 Å². The lowest BCUT2D eigenvalue weighted by molar-refractivity contribution is 0.310. The van der Waals surface area contributed by atoms with Crippen LogP contribution in [0.4, 0.5) is 0 Å². The van der Waals surface area contributed by atoms with Gasteiger partial charge in [-0.15, -0.1) is 0 Å². The molecular weight excluding hydrogens is 224 g/mol. The van der Waals surface area contributed by atoms with Gasteiger partial charge < -0.3 is 4.74 Å². The zero-order valence-corrected chi connectivity index (χ0v) is 9.87. The van der Waals surface area contributed by atoms with Crippen molar-refractivity contribution < 1.29 is 4.74 Å². The fraction of sp³-hybridized carbons (Fsp3) is 0.333. The Labute approximate surface area is 99.4 Å². The number of hydrogen-bond donors (Lipinski definition) is 0. The second kappa shape index (κ2) is 5.12. The van der Waals surface area contributed by atoms with E-state index in [2.05, 4.69) is 16.9 Å². The second-order valence-electron chi connectivity index (χ2n) is 3.55. The van der Waals surface area contributed by atoms with Gasteiger partial charge in [0.15, 0.2) is 0 Å². The molecule has 0 aliphatic heterocycles. The molecular formula is C12H13ClN2O. The van der Waals surface area contributed by atoms with Crippen LogP contribution in [0.1, 0.15) is 19.8 Å². The van der Waals surface area contributed by atoms with Crippen LogP contribution in [0.3, 0.4) is 0 Å². The molecule has 2 aromatic rings. The first-order valence-electron chi connectivity index (χ1n) is 5.34.